The van der Waals surface area contributed by atoms with Crippen LogP contribution in [0.5, 0.6) is 5.75 Å². The van der Waals surface area contributed by atoms with Crippen molar-refractivity contribution in [3.05, 3.63) is 78.4 Å². The van der Waals surface area contributed by atoms with Gasteiger partial charge in [-0.2, -0.15) is 4.31 Å². The number of nitrogens with zero attached hydrogens (tertiary/aromatic N) is 4. The first kappa shape index (κ1) is 28.1. The number of carbonyl (C=O) groups excluding carboxylic acids is 2. The van der Waals surface area contributed by atoms with Gasteiger partial charge in [-0.3, -0.25) is 14.6 Å². The molecule has 12 heteroatoms. The number of nitrogens with one attached hydrogen (secondary N) is 1. The lowest BCUT2D eigenvalue weighted by Gasteiger charge is -2.38. The van der Waals surface area contributed by atoms with Crippen LogP contribution in [0.1, 0.15) is 34.7 Å². The molecule has 0 fully saturated rings. The Labute approximate surface area is 227 Å². The fraction of sp³-hybridized carbons (Fsp3) is 0.333. The zero-order chi connectivity index (χ0) is 28.2. The number of carbonyl (C=O) groups is 2. The monoisotopic (exact) mass is 553 g/mol. The molecule has 1 aliphatic rings. The van der Waals surface area contributed by atoms with Crippen molar-refractivity contribution in [3.63, 3.8) is 0 Å². The van der Waals surface area contributed by atoms with Crippen LogP contribution >= 0.6 is 0 Å². The highest BCUT2D eigenvalue weighted by Crippen LogP contribution is 2.35. The molecule has 0 bridgehead atoms. The number of hydrogen-bond acceptors (Lipinski definition) is 8. The number of fused-ring (bicyclic) bond motifs is 1. The lowest BCUT2D eigenvalue weighted by molar-refractivity contribution is 0.0388. The zero-order valence-electron chi connectivity index (χ0n) is 21.9. The van der Waals surface area contributed by atoms with E-state index in [1.807, 2.05) is 6.92 Å². The molecule has 2 amide bonds. The molecule has 0 radical (unpaired) electrons. The van der Waals surface area contributed by atoms with Crippen molar-refractivity contribution in [2.75, 3.05) is 32.1 Å². The summed E-state index contributed by atoms with van der Waals surface area (Å²) in [4.78, 5) is 36.1. The molecule has 4 rings (SSSR count). The number of anilines is 1. The number of aliphatic hydroxyl groups is 1. The van der Waals surface area contributed by atoms with Crippen molar-refractivity contribution in [1.29, 1.82) is 0 Å². The maximum absolute atomic E-state index is 13.6. The molecule has 0 saturated heterocycles. The van der Waals surface area contributed by atoms with Crippen molar-refractivity contribution in [3.8, 4) is 5.75 Å². The molecule has 2 heterocycles. The number of benzene rings is 2. The summed E-state index contributed by atoms with van der Waals surface area (Å²) in [7, 11) is -2.35. The van der Waals surface area contributed by atoms with E-state index >= 15 is 0 Å². The summed E-state index contributed by atoms with van der Waals surface area (Å²) in [6.45, 7) is 3.52. The third-order valence-electron chi connectivity index (χ3n) is 6.62. The number of ether oxygens (including phenoxy) is 1. The number of amides is 2. The third kappa shape index (κ3) is 6.08. The molecule has 0 unspecified atom stereocenters. The minimum Gasteiger partial charge on any atom is -0.486 e. The highest BCUT2D eigenvalue weighted by Gasteiger charge is 2.36. The largest absolute Gasteiger partial charge is 0.486 e. The van der Waals surface area contributed by atoms with Crippen LogP contribution in [0.15, 0.2) is 72.0 Å². The lowest BCUT2D eigenvalue weighted by atomic mass is 9.99. The Morgan fingerprint density at radius 3 is 2.62 bits per heavy atom. The molecule has 2 N–H and O–H groups in total. The van der Waals surface area contributed by atoms with E-state index in [0.717, 1.165) is 0 Å². The average molecular weight is 554 g/mol. The van der Waals surface area contributed by atoms with E-state index in [1.165, 1.54) is 42.1 Å². The van der Waals surface area contributed by atoms with Gasteiger partial charge in [0.15, 0.2) is 5.75 Å². The number of para-hydroxylation sites is 1. The number of rotatable bonds is 8. The molecular formula is C27H31N5O6S. The van der Waals surface area contributed by atoms with Crippen molar-refractivity contribution < 1.29 is 27.9 Å². The van der Waals surface area contributed by atoms with Crippen LogP contribution in [0, 0.1) is 5.92 Å². The Morgan fingerprint density at radius 1 is 1.21 bits per heavy atom. The Kier molecular flexibility index (Phi) is 8.58. The number of sulfonamides is 1. The maximum atomic E-state index is 13.6. The summed E-state index contributed by atoms with van der Waals surface area (Å²) in [5.74, 6) is -1.16. The highest BCUT2D eigenvalue weighted by atomic mass is 32.2. The van der Waals surface area contributed by atoms with Crippen LogP contribution in [0.3, 0.4) is 0 Å². The van der Waals surface area contributed by atoms with Crippen LogP contribution in [-0.4, -0.2) is 83.4 Å². The predicted molar refractivity (Wildman–Crippen MR) is 144 cm³/mol. The Balaban J connectivity index is 1.73. The summed E-state index contributed by atoms with van der Waals surface area (Å²) in [6, 6.07) is 12.4. The van der Waals surface area contributed by atoms with E-state index in [1.54, 1.807) is 48.2 Å². The molecule has 11 nitrogen and oxygen atoms in total. The van der Waals surface area contributed by atoms with Gasteiger partial charge in [0.05, 0.1) is 41.5 Å². The minimum absolute atomic E-state index is 0.0280. The van der Waals surface area contributed by atoms with E-state index < -0.39 is 28.1 Å². The standard InChI is InChI=1S/C27H31N5O6S/c1-18-15-32(19(2)17-33)27(35)21-10-7-11-22(30-26(34)23-14-28-12-13-29-23)25(21)38-24(18)16-31(3)39(36,37)20-8-5-4-6-9-20/h4-14,18-19,24,33H,15-17H2,1-3H3,(H,30,34)/t18-,19+,24+/m0/s1. The molecule has 1 aromatic heterocycles. The molecule has 39 heavy (non-hydrogen) atoms. The van der Waals surface area contributed by atoms with E-state index in [9.17, 15) is 23.1 Å². The van der Waals surface area contributed by atoms with Gasteiger partial charge in [0.1, 0.15) is 11.8 Å². The van der Waals surface area contributed by atoms with Crippen molar-refractivity contribution in [2.45, 2.75) is 30.9 Å². The molecule has 0 saturated carbocycles. The molecule has 2 aromatic carbocycles. The normalized spacial score (nSPS) is 18.5. The number of hydrogen-bond donors (Lipinski definition) is 2. The first-order chi connectivity index (χ1) is 18.6. The summed E-state index contributed by atoms with van der Waals surface area (Å²) >= 11 is 0. The number of aliphatic hydroxyl groups excluding tert-OH is 1. The van der Waals surface area contributed by atoms with E-state index in [4.69, 9.17) is 4.74 Å². The second kappa shape index (κ2) is 11.9. The van der Waals surface area contributed by atoms with Gasteiger partial charge in [-0.25, -0.2) is 13.4 Å². The van der Waals surface area contributed by atoms with E-state index in [-0.39, 0.29) is 59.1 Å². The molecule has 1 aliphatic heterocycles. The summed E-state index contributed by atoms with van der Waals surface area (Å²) in [5.41, 5.74) is 0.472. The lowest BCUT2D eigenvalue weighted by Crippen LogP contribution is -2.50. The maximum Gasteiger partial charge on any atom is 0.275 e. The Bertz CT molecular complexity index is 1420. The van der Waals surface area contributed by atoms with Gasteiger partial charge in [-0.05, 0) is 31.2 Å². The van der Waals surface area contributed by atoms with E-state index in [0.29, 0.717) is 0 Å². The second-order valence-corrected chi connectivity index (χ2v) is 11.5. The molecule has 3 atom stereocenters. The van der Waals surface area contributed by atoms with Crippen LogP contribution in [-0.2, 0) is 10.0 Å². The van der Waals surface area contributed by atoms with Crippen LogP contribution in [0.2, 0.25) is 0 Å². The van der Waals surface area contributed by atoms with Gasteiger partial charge < -0.3 is 20.1 Å². The molecule has 206 valence electrons. The first-order valence-corrected chi connectivity index (χ1v) is 13.9. The van der Waals surface area contributed by atoms with E-state index in [2.05, 4.69) is 15.3 Å². The molecular weight excluding hydrogens is 522 g/mol. The fourth-order valence-corrected chi connectivity index (χ4v) is 5.49. The van der Waals surface area contributed by atoms with Gasteiger partial charge in [-0.1, -0.05) is 31.2 Å². The second-order valence-electron chi connectivity index (χ2n) is 9.45. The highest BCUT2D eigenvalue weighted by molar-refractivity contribution is 7.89. The van der Waals surface area contributed by atoms with Gasteiger partial charge >= 0.3 is 0 Å². The Morgan fingerprint density at radius 2 is 1.95 bits per heavy atom. The number of aromatic nitrogens is 2. The summed E-state index contributed by atoms with van der Waals surface area (Å²) < 4.78 is 34.1. The molecule has 0 spiro atoms. The summed E-state index contributed by atoms with van der Waals surface area (Å²) in [6.07, 6.45) is 3.44. The average Bonchev–Trinajstić information content (AvgIpc) is 2.95. The minimum atomic E-state index is -3.82. The van der Waals surface area contributed by atoms with Gasteiger partial charge in [0, 0.05) is 31.9 Å². The topological polar surface area (TPSA) is 142 Å². The molecule has 3 aromatic rings. The number of likely N-dealkylation sites (N-methyl/N-ethyl adjacent to an activating group) is 1. The fourth-order valence-electron chi connectivity index (χ4n) is 4.29. The zero-order valence-corrected chi connectivity index (χ0v) is 22.7. The van der Waals surface area contributed by atoms with Gasteiger partial charge in [0.2, 0.25) is 10.0 Å². The van der Waals surface area contributed by atoms with Gasteiger partial charge in [-0.15, -0.1) is 0 Å². The van der Waals surface area contributed by atoms with Crippen molar-refractivity contribution in [2.24, 2.45) is 5.92 Å². The Hall–Kier alpha value is -3.87. The third-order valence-corrected chi connectivity index (χ3v) is 8.46. The van der Waals surface area contributed by atoms with Crippen LogP contribution in [0.4, 0.5) is 5.69 Å². The molecule has 0 aliphatic carbocycles. The smallest absolute Gasteiger partial charge is 0.275 e. The first-order valence-electron chi connectivity index (χ1n) is 12.4. The van der Waals surface area contributed by atoms with Crippen molar-refractivity contribution in [1.82, 2.24) is 19.2 Å². The predicted octanol–water partition coefficient (Wildman–Crippen LogP) is 2.27. The van der Waals surface area contributed by atoms with Crippen LogP contribution in [0.25, 0.3) is 0 Å². The van der Waals surface area contributed by atoms with Gasteiger partial charge in [0.25, 0.3) is 11.8 Å². The quantitative estimate of drug-likeness (QED) is 0.433. The van der Waals surface area contributed by atoms with Crippen molar-refractivity contribution >= 4 is 27.5 Å². The van der Waals surface area contributed by atoms with Crippen LogP contribution < -0.4 is 10.1 Å². The summed E-state index contributed by atoms with van der Waals surface area (Å²) in [5, 5.41) is 12.6. The SMILES string of the molecule is C[C@H](CO)N1C[C@H](C)[C@@H](CN(C)S(=O)(=O)c2ccccc2)Oc2c(NC(=O)c3cnccn3)cccc2C1=O.